The molecule has 0 aliphatic carbocycles. The van der Waals surface area contributed by atoms with Crippen molar-refractivity contribution in [2.75, 3.05) is 5.43 Å². The van der Waals surface area contributed by atoms with Crippen LogP contribution in [0.25, 0.3) is 6.08 Å². The predicted molar refractivity (Wildman–Crippen MR) is 91.6 cm³/mol. The molecular weight excluding hydrogens is 336 g/mol. The number of benzene rings is 2. The highest BCUT2D eigenvalue weighted by Crippen LogP contribution is 2.20. The molecule has 0 unspecified atom stereocenters. The number of hydrogen-bond donors (Lipinski definition) is 1. The molecule has 0 aliphatic rings. The summed E-state index contributed by atoms with van der Waals surface area (Å²) in [6.45, 7) is 1.97. The van der Waals surface area contributed by atoms with Crippen molar-refractivity contribution in [3.8, 4) is 0 Å². The zero-order valence-electron chi connectivity index (χ0n) is 11.0. The summed E-state index contributed by atoms with van der Waals surface area (Å²) in [5, 5.41) is 4.89. The lowest BCUT2D eigenvalue weighted by molar-refractivity contribution is 1.34. The summed E-state index contributed by atoms with van der Waals surface area (Å²) in [6, 6.07) is 15.8. The first kappa shape index (κ1) is 14.8. The monoisotopic (exact) mass is 348 g/mol. The van der Waals surface area contributed by atoms with E-state index < -0.39 is 0 Å². The molecule has 2 nitrogen and oxygen atoms in total. The second-order valence-electron chi connectivity index (χ2n) is 4.27. The number of nitrogens with zero attached hydrogens (tertiary/aromatic N) is 1. The van der Waals surface area contributed by atoms with Gasteiger partial charge in [0.05, 0.1) is 11.9 Å². The number of halogens is 2. The first-order valence-corrected chi connectivity index (χ1v) is 7.30. The third kappa shape index (κ3) is 4.51. The molecule has 1 N–H and O–H groups in total. The van der Waals surface area contributed by atoms with Gasteiger partial charge in [0.15, 0.2) is 0 Å². The maximum absolute atomic E-state index is 6.05. The summed E-state index contributed by atoms with van der Waals surface area (Å²) in [4.78, 5) is 0. The quantitative estimate of drug-likeness (QED) is 0.573. The van der Waals surface area contributed by atoms with Crippen LogP contribution < -0.4 is 5.43 Å². The van der Waals surface area contributed by atoms with Crippen molar-refractivity contribution < 1.29 is 0 Å². The number of hydrogen-bond acceptors (Lipinski definition) is 2. The Bertz CT molecular complexity index is 636. The van der Waals surface area contributed by atoms with Gasteiger partial charge in [-0.1, -0.05) is 48.0 Å². The highest BCUT2D eigenvalue weighted by Gasteiger charge is 1.96. The smallest absolute Gasteiger partial charge is 0.0614 e. The van der Waals surface area contributed by atoms with Crippen LogP contribution in [0.4, 0.5) is 5.69 Å². The van der Waals surface area contributed by atoms with Gasteiger partial charge in [-0.3, -0.25) is 5.43 Å². The Hall–Kier alpha value is -1.58. The number of hydrazone groups is 1. The lowest BCUT2D eigenvalue weighted by Crippen LogP contribution is -1.90. The summed E-state index contributed by atoms with van der Waals surface area (Å²) < 4.78 is 0.884. The number of nitrogens with one attached hydrogen (secondary N) is 1. The Morgan fingerprint density at radius 2 is 1.95 bits per heavy atom. The SMILES string of the molecule is Cc1ccc(N/N=C\C(Br)=C\c2ccccc2)cc1Cl. The Morgan fingerprint density at radius 1 is 1.20 bits per heavy atom. The standard InChI is InChI=1S/C16H14BrClN2/c1-12-7-8-15(10-16(12)18)20-19-11-14(17)9-13-5-3-2-4-6-13/h2-11,20H,1H3/b14-9-,19-11-. The molecule has 0 heterocycles. The molecule has 0 aliphatic heterocycles. The van der Waals surface area contributed by atoms with Gasteiger partial charge in [0.25, 0.3) is 0 Å². The van der Waals surface area contributed by atoms with Crippen LogP contribution in [0.3, 0.4) is 0 Å². The van der Waals surface area contributed by atoms with E-state index in [-0.39, 0.29) is 0 Å². The number of aryl methyl sites for hydroxylation is 1. The van der Waals surface area contributed by atoms with Gasteiger partial charge in [-0.25, -0.2) is 0 Å². The second-order valence-corrected chi connectivity index (χ2v) is 5.60. The summed E-state index contributed by atoms with van der Waals surface area (Å²) in [5.74, 6) is 0. The van der Waals surface area contributed by atoms with Crippen molar-refractivity contribution in [2.45, 2.75) is 6.92 Å². The topological polar surface area (TPSA) is 24.4 Å². The number of anilines is 1. The van der Waals surface area contributed by atoms with E-state index in [4.69, 9.17) is 11.6 Å². The van der Waals surface area contributed by atoms with Gasteiger partial charge in [-0.15, -0.1) is 0 Å². The molecule has 0 fully saturated rings. The van der Waals surface area contributed by atoms with Crippen LogP contribution in [0.5, 0.6) is 0 Å². The van der Waals surface area contributed by atoms with Gasteiger partial charge in [0.1, 0.15) is 0 Å². The normalized spacial score (nSPS) is 11.8. The Labute approximate surface area is 132 Å². The Kier molecular flexibility index (Phi) is 5.39. The van der Waals surface area contributed by atoms with Crippen LogP contribution in [0.2, 0.25) is 5.02 Å². The molecule has 0 spiro atoms. The molecule has 0 amide bonds. The fourth-order valence-electron chi connectivity index (χ4n) is 1.58. The van der Waals surface area contributed by atoms with E-state index in [1.54, 1.807) is 6.21 Å². The summed E-state index contributed by atoms with van der Waals surface area (Å²) in [7, 11) is 0. The van der Waals surface area contributed by atoms with Crippen LogP contribution in [0, 0.1) is 6.92 Å². The Morgan fingerprint density at radius 3 is 2.65 bits per heavy atom. The van der Waals surface area contributed by atoms with Gasteiger partial charge in [-0.2, -0.15) is 5.10 Å². The first-order valence-electron chi connectivity index (χ1n) is 6.12. The van der Waals surface area contributed by atoms with Crippen molar-refractivity contribution in [2.24, 2.45) is 5.10 Å². The predicted octanol–water partition coefficient (Wildman–Crippen LogP) is 5.48. The molecule has 2 rings (SSSR count). The summed E-state index contributed by atoms with van der Waals surface area (Å²) in [6.07, 6.45) is 3.70. The van der Waals surface area contributed by atoms with Crippen LogP contribution in [0.1, 0.15) is 11.1 Å². The highest BCUT2D eigenvalue weighted by molar-refractivity contribution is 9.12. The third-order valence-corrected chi connectivity index (χ3v) is 3.50. The molecule has 0 saturated carbocycles. The minimum atomic E-state index is 0.726. The molecule has 20 heavy (non-hydrogen) atoms. The zero-order chi connectivity index (χ0) is 14.4. The van der Waals surface area contributed by atoms with Crippen molar-refractivity contribution in [3.05, 3.63) is 69.2 Å². The van der Waals surface area contributed by atoms with Crippen LogP contribution in [-0.4, -0.2) is 6.21 Å². The fraction of sp³-hybridized carbons (Fsp3) is 0.0625. The van der Waals surface area contributed by atoms with E-state index in [0.29, 0.717) is 0 Å². The van der Waals surface area contributed by atoms with Gasteiger partial charge < -0.3 is 0 Å². The highest BCUT2D eigenvalue weighted by atomic mass is 79.9. The lowest BCUT2D eigenvalue weighted by atomic mass is 10.2. The lowest BCUT2D eigenvalue weighted by Gasteiger charge is -2.02. The van der Waals surface area contributed by atoms with E-state index in [1.807, 2.05) is 61.5 Å². The largest absolute Gasteiger partial charge is 0.278 e. The molecule has 102 valence electrons. The minimum Gasteiger partial charge on any atom is -0.278 e. The van der Waals surface area contributed by atoms with Crippen LogP contribution >= 0.6 is 27.5 Å². The van der Waals surface area contributed by atoms with Crippen LogP contribution in [0.15, 0.2) is 58.1 Å². The third-order valence-electron chi connectivity index (χ3n) is 2.66. The minimum absolute atomic E-state index is 0.726. The number of rotatable bonds is 4. The summed E-state index contributed by atoms with van der Waals surface area (Å²) >= 11 is 9.51. The molecule has 0 atom stereocenters. The molecule has 0 radical (unpaired) electrons. The summed E-state index contributed by atoms with van der Waals surface area (Å²) in [5.41, 5.74) is 5.96. The van der Waals surface area contributed by atoms with Gasteiger partial charge >= 0.3 is 0 Å². The molecule has 4 heteroatoms. The van der Waals surface area contributed by atoms with Gasteiger partial charge in [0.2, 0.25) is 0 Å². The maximum atomic E-state index is 6.05. The second kappa shape index (κ2) is 7.27. The van der Waals surface area contributed by atoms with E-state index in [0.717, 1.165) is 26.3 Å². The zero-order valence-corrected chi connectivity index (χ0v) is 13.3. The first-order chi connectivity index (χ1) is 9.65. The van der Waals surface area contributed by atoms with Crippen LogP contribution in [-0.2, 0) is 0 Å². The van der Waals surface area contributed by atoms with E-state index in [2.05, 4.69) is 26.5 Å². The van der Waals surface area contributed by atoms with Crippen molar-refractivity contribution in [1.82, 2.24) is 0 Å². The van der Waals surface area contributed by atoms with Crippen molar-refractivity contribution in [3.63, 3.8) is 0 Å². The van der Waals surface area contributed by atoms with Crippen molar-refractivity contribution >= 4 is 45.5 Å². The number of allylic oxidation sites excluding steroid dienone is 1. The average Bonchev–Trinajstić information content (AvgIpc) is 2.44. The molecular formula is C16H14BrClN2. The van der Waals surface area contributed by atoms with E-state index in [1.165, 1.54) is 0 Å². The Balaban J connectivity index is 1.99. The van der Waals surface area contributed by atoms with E-state index in [9.17, 15) is 0 Å². The maximum Gasteiger partial charge on any atom is 0.0614 e. The molecule has 0 aromatic heterocycles. The van der Waals surface area contributed by atoms with Gasteiger partial charge in [-0.05, 0) is 52.2 Å². The van der Waals surface area contributed by atoms with E-state index >= 15 is 0 Å². The molecule has 0 saturated heterocycles. The molecule has 2 aromatic rings. The van der Waals surface area contributed by atoms with Gasteiger partial charge in [0, 0.05) is 9.51 Å². The fourth-order valence-corrected chi connectivity index (χ4v) is 2.12. The molecule has 2 aromatic carbocycles. The van der Waals surface area contributed by atoms with Crippen molar-refractivity contribution in [1.29, 1.82) is 0 Å². The average molecular weight is 350 g/mol. The molecule has 0 bridgehead atoms.